The second kappa shape index (κ2) is 10.4. The van der Waals surface area contributed by atoms with Crippen molar-refractivity contribution in [3.8, 4) is 11.5 Å². The molecule has 0 radical (unpaired) electrons. The first kappa shape index (κ1) is 24.4. The third-order valence-corrected chi connectivity index (χ3v) is 4.83. The van der Waals surface area contributed by atoms with Crippen LogP contribution in [0.4, 0.5) is 9.18 Å². The van der Waals surface area contributed by atoms with Gasteiger partial charge in [0.25, 0.3) is 0 Å². The van der Waals surface area contributed by atoms with Crippen molar-refractivity contribution in [2.75, 3.05) is 13.6 Å². The van der Waals surface area contributed by atoms with Gasteiger partial charge in [-0.25, -0.2) is 9.18 Å². The number of ether oxygens (including phenoxy) is 2. The molecular weight excluding hydrogens is 397 g/mol. The molecule has 0 fully saturated rings. The first-order valence-corrected chi connectivity index (χ1v) is 10.5. The summed E-state index contributed by atoms with van der Waals surface area (Å²) in [4.78, 5) is 26.3. The lowest BCUT2D eigenvalue weighted by molar-refractivity contribution is 0.0295. The summed E-state index contributed by atoms with van der Waals surface area (Å²) >= 11 is 0. The number of ketones is 1. The number of aryl methyl sites for hydroxylation is 1. The van der Waals surface area contributed by atoms with Gasteiger partial charge < -0.3 is 14.4 Å². The number of halogens is 1. The van der Waals surface area contributed by atoms with E-state index in [1.165, 1.54) is 17.0 Å². The molecule has 2 aromatic rings. The SMILES string of the molecule is Cc1ccccc1Oc1cccc(C(=O)[C@@H](C)CCCN(C)C(=O)OC(C)(C)C)c1F. The van der Waals surface area contributed by atoms with E-state index < -0.39 is 23.4 Å². The maximum atomic E-state index is 15.0. The second-order valence-electron chi connectivity index (χ2n) is 8.79. The molecular formula is C25H32FNO4. The number of rotatable bonds is 8. The van der Waals surface area contributed by atoms with Crippen LogP contribution >= 0.6 is 0 Å². The second-order valence-corrected chi connectivity index (χ2v) is 8.79. The molecule has 0 bridgehead atoms. The van der Waals surface area contributed by atoms with Crippen molar-refractivity contribution in [3.63, 3.8) is 0 Å². The minimum Gasteiger partial charge on any atom is -0.454 e. The summed E-state index contributed by atoms with van der Waals surface area (Å²) < 4.78 is 26.0. The van der Waals surface area contributed by atoms with Gasteiger partial charge in [-0.1, -0.05) is 31.2 Å². The predicted octanol–water partition coefficient (Wildman–Crippen LogP) is 6.39. The van der Waals surface area contributed by atoms with E-state index in [-0.39, 0.29) is 17.1 Å². The number of para-hydroxylation sites is 1. The summed E-state index contributed by atoms with van der Waals surface area (Å²) in [6.45, 7) is 9.52. The zero-order chi connectivity index (χ0) is 23.2. The number of nitrogens with zero attached hydrogens (tertiary/aromatic N) is 1. The van der Waals surface area contributed by atoms with Gasteiger partial charge in [0.05, 0.1) is 5.56 Å². The fourth-order valence-electron chi connectivity index (χ4n) is 3.03. The topological polar surface area (TPSA) is 55.8 Å². The Labute approximate surface area is 184 Å². The molecule has 0 aromatic heterocycles. The van der Waals surface area contributed by atoms with E-state index in [1.807, 2.05) is 45.9 Å². The van der Waals surface area contributed by atoms with E-state index in [1.54, 1.807) is 26.1 Å². The van der Waals surface area contributed by atoms with Crippen LogP contribution in [0, 0.1) is 18.7 Å². The van der Waals surface area contributed by atoms with E-state index >= 15 is 0 Å². The van der Waals surface area contributed by atoms with Crippen LogP contribution in [0.2, 0.25) is 0 Å². The van der Waals surface area contributed by atoms with Crippen LogP contribution in [0.15, 0.2) is 42.5 Å². The summed E-state index contributed by atoms with van der Waals surface area (Å²) in [6.07, 6.45) is 0.719. The highest BCUT2D eigenvalue weighted by Crippen LogP contribution is 2.30. The average Bonchev–Trinajstić information content (AvgIpc) is 2.69. The summed E-state index contributed by atoms with van der Waals surface area (Å²) in [5.41, 5.74) is 0.331. The van der Waals surface area contributed by atoms with Gasteiger partial charge in [-0.15, -0.1) is 0 Å². The molecule has 5 nitrogen and oxygen atoms in total. The Morgan fingerprint density at radius 3 is 2.35 bits per heavy atom. The largest absolute Gasteiger partial charge is 0.454 e. The number of amides is 1. The molecule has 0 unspecified atom stereocenters. The van der Waals surface area contributed by atoms with Gasteiger partial charge in [-0.2, -0.15) is 0 Å². The van der Waals surface area contributed by atoms with Gasteiger partial charge in [0.15, 0.2) is 17.3 Å². The lowest BCUT2D eigenvalue weighted by Gasteiger charge is -2.24. The van der Waals surface area contributed by atoms with Crippen molar-refractivity contribution >= 4 is 11.9 Å². The lowest BCUT2D eigenvalue weighted by Crippen LogP contribution is -2.34. The van der Waals surface area contributed by atoms with Gasteiger partial charge in [0.1, 0.15) is 11.4 Å². The quantitative estimate of drug-likeness (QED) is 0.456. The Balaban J connectivity index is 1.98. The van der Waals surface area contributed by atoms with Gasteiger partial charge in [0, 0.05) is 19.5 Å². The van der Waals surface area contributed by atoms with E-state index in [0.717, 1.165) is 5.56 Å². The Bertz CT molecular complexity index is 920. The standard InChI is InChI=1S/C25H32FNO4/c1-17-11-7-8-14-20(17)30-21-15-9-13-19(22(21)26)23(28)18(2)12-10-16-27(6)24(29)31-25(3,4)5/h7-9,11,13-15,18H,10,12,16H2,1-6H3/t18-/m0/s1. The van der Waals surface area contributed by atoms with Gasteiger partial charge in [-0.3, -0.25) is 4.79 Å². The number of Topliss-reactive ketones (excluding diaryl/α,β-unsaturated/α-hetero) is 1. The smallest absolute Gasteiger partial charge is 0.410 e. The summed E-state index contributed by atoms with van der Waals surface area (Å²) in [5.74, 6) is -0.766. The molecule has 2 aromatic carbocycles. The first-order valence-electron chi connectivity index (χ1n) is 10.5. The fraction of sp³-hybridized carbons (Fsp3) is 0.440. The number of benzene rings is 2. The molecule has 1 amide bonds. The van der Waals surface area contributed by atoms with Crippen molar-refractivity contribution in [2.24, 2.45) is 5.92 Å². The highest BCUT2D eigenvalue weighted by atomic mass is 19.1. The first-order chi connectivity index (χ1) is 14.5. The van der Waals surface area contributed by atoms with Crippen molar-refractivity contribution in [3.05, 3.63) is 59.4 Å². The minimum absolute atomic E-state index is 0.0130. The van der Waals surface area contributed by atoms with Crippen molar-refractivity contribution in [2.45, 2.75) is 53.1 Å². The Hall–Kier alpha value is -2.89. The summed E-state index contributed by atoms with van der Waals surface area (Å²) in [6, 6.07) is 11.9. The van der Waals surface area contributed by atoms with Crippen LogP contribution < -0.4 is 4.74 Å². The molecule has 1 atom stereocenters. The lowest BCUT2D eigenvalue weighted by atomic mass is 9.94. The van der Waals surface area contributed by atoms with Crippen LogP contribution in [0.5, 0.6) is 11.5 Å². The van der Waals surface area contributed by atoms with Crippen LogP contribution in [-0.2, 0) is 4.74 Å². The van der Waals surface area contributed by atoms with Crippen LogP contribution in [0.1, 0.15) is 56.5 Å². The number of hydrogen-bond donors (Lipinski definition) is 0. The highest BCUT2D eigenvalue weighted by molar-refractivity contribution is 5.98. The zero-order valence-electron chi connectivity index (χ0n) is 19.2. The predicted molar refractivity (Wildman–Crippen MR) is 119 cm³/mol. The number of carbonyl (C=O) groups is 2. The number of carbonyl (C=O) groups excluding carboxylic acids is 2. The van der Waals surface area contributed by atoms with E-state index in [0.29, 0.717) is 25.1 Å². The monoisotopic (exact) mass is 429 g/mol. The molecule has 0 spiro atoms. The normalized spacial score (nSPS) is 12.2. The Morgan fingerprint density at radius 1 is 1.06 bits per heavy atom. The van der Waals surface area contributed by atoms with E-state index in [9.17, 15) is 14.0 Å². The third-order valence-electron chi connectivity index (χ3n) is 4.83. The Kier molecular flexibility index (Phi) is 8.20. The maximum Gasteiger partial charge on any atom is 0.410 e. The molecule has 2 rings (SSSR count). The van der Waals surface area contributed by atoms with E-state index in [4.69, 9.17) is 9.47 Å². The molecule has 0 N–H and O–H groups in total. The average molecular weight is 430 g/mol. The zero-order valence-corrected chi connectivity index (χ0v) is 19.2. The highest BCUT2D eigenvalue weighted by Gasteiger charge is 2.23. The third kappa shape index (κ3) is 7.09. The van der Waals surface area contributed by atoms with Crippen LogP contribution in [0.25, 0.3) is 0 Å². The molecule has 168 valence electrons. The maximum absolute atomic E-state index is 15.0. The summed E-state index contributed by atoms with van der Waals surface area (Å²) in [5, 5.41) is 0. The van der Waals surface area contributed by atoms with Crippen molar-refractivity contribution < 1.29 is 23.5 Å². The number of hydrogen-bond acceptors (Lipinski definition) is 4. The van der Waals surface area contributed by atoms with Crippen molar-refractivity contribution in [1.82, 2.24) is 4.90 Å². The molecule has 0 heterocycles. The molecule has 0 aliphatic carbocycles. The molecule has 6 heteroatoms. The molecule has 0 aliphatic heterocycles. The Morgan fingerprint density at radius 2 is 1.71 bits per heavy atom. The van der Waals surface area contributed by atoms with Gasteiger partial charge in [0.2, 0.25) is 0 Å². The van der Waals surface area contributed by atoms with E-state index in [2.05, 4.69) is 0 Å². The molecule has 0 saturated carbocycles. The molecule has 0 saturated heterocycles. The minimum atomic E-state index is -0.659. The fourth-order valence-corrected chi connectivity index (χ4v) is 3.03. The van der Waals surface area contributed by atoms with Crippen LogP contribution in [-0.4, -0.2) is 36.0 Å². The molecule has 0 aliphatic rings. The summed E-state index contributed by atoms with van der Waals surface area (Å²) in [7, 11) is 1.66. The van der Waals surface area contributed by atoms with Gasteiger partial charge >= 0.3 is 6.09 Å². The van der Waals surface area contributed by atoms with Gasteiger partial charge in [-0.05, 0) is 64.3 Å². The van der Waals surface area contributed by atoms with Crippen molar-refractivity contribution in [1.29, 1.82) is 0 Å². The molecule has 31 heavy (non-hydrogen) atoms. The van der Waals surface area contributed by atoms with Crippen LogP contribution in [0.3, 0.4) is 0 Å².